The van der Waals surface area contributed by atoms with Gasteiger partial charge in [0.2, 0.25) is 0 Å². The summed E-state index contributed by atoms with van der Waals surface area (Å²) in [5.41, 5.74) is -0.0512. The number of hydrogen-bond donors (Lipinski definition) is 2. The molecule has 0 saturated heterocycles. The SMILES string of the molecule is CCCNC1(CO)CCC(OC2CCC2)C1. The van der Waals surface area contributed by atoms with Crippen LogP contribution in [-0.4, -0.2) is 36.0 Å². The number of ether oxygens (including phenoxy) is 1. The van der Waals surface area contributed by atoms with Gasteiger partial charge in [0.1, 0.15) is 0 Å². The highest BCUT2D eigenvalue weighted by molar-refractivity contribution is 4.97. The standard InChI is InChI=1S/C13H25NO2/c1-2-8-14-13(10-15)7-6-12(9-13)16-11-4-3-5-11/h11-12,14-15H,2-10H2,1H3. The van der Waals surface area contributed by atoms with Crippen LogP contribution in [0.25, 0.3) is 0 Å². The predicted molar refractivity (Wildman–Crippen MR) is 64.5 cm³/mol. The highest BCUT2D eigenvalue weighted by Crippen LogP contribution is 2.35. The molecule has 3 heteroatoms. The Morgan fingerprint density at radius 2 is 2.12 bits per heavy atom. The summed E-state index contributed by atoms with van der Waals surface area (Å²) in [5.74, 6) is 0. The molecule has 94 valence electrons. The summed E-state index contributed by atoms with van der Waals surface area (Å²) in [6, 6.07) is 0. The van der Waals surface area contributed by atoms with Crippen LogP contribution >= 0.6 is 0 Å². The van der Waals surface area contributed by atoms with Crippen molar-refractivity contribution in [2.45, 2.75) is 69.6 Å². The van der Waals surface area contributed by atoms with Crippen molar-refractivity contribution in [1.29, 1.82) is 0 Å². The Hall–Kier alpha value is -0.120. The van der Waals surface area contributed by atoms with Crippen molar-refractivity contribution in [3.05, 3.63) is 0 Å². The molecule has 2 aliphatic carbocycles. The quantitative estimate of drug-likeness (QED) is 0.727. The zero-order valence-corrected chi connectivity index (χ0v) is 10.4. The molecule has 0 aromatic rings. The zero-order valence-electron chi connectivity index (χ0n) is 10.4. The molecule has 0 aromatic carbocycles. The topological polar surface area (TPSA) is 41.5 Å². The van der Waals surface area contributed by atoms with Crippen LogP contribution in [-0.2, 0) is 4.74 Å². The summed E-state index contributed by atoms with van der Waals surface area (Å²) in [7, 11) is 0. The molecule has 0 bridgehead atoms. The van der Waals surface area contributed by atoms with Gasteiger partial charge in [-0.05, 0) is 51.5 Å². The van der Waals surface area contributed by atoms with E-state index in [1.807, 2.05) is 0 Å². The molecule has 0 aromatic heterocycles. The first kappa shape index (κ1) is 12.3. The third-order valence-corrected chi connectivity index (χ3v) is 4.05. The third kappa shape index (κ3) is 2.76. The lowest BCUT2D eigenvalue weighted by Crippen LogP contribution is -2.47. The van der Waals surface area contributed by atoms with Gasteiger partial charge in [0, 0.05) is 5.54 Å². The summed E-state index contributed by atoms with van der Waals surface area (Å²) in [4.78, 5) is 0. The van der Waals surface area contributed by atoms with Gasteiger partial charge in [-0.2, -0.15) is 0 Å². The Kier molecular flexibility index (Phi) is 4.22. The van der Waals surface area contributed by atoms with E-state index in [0.29, 0.717) is 12.2 Å². The van der Waals surface area contributed by atoms with Crippen LogP contribution in [0.3, 0.4) is 0 Å². The highest BCUT2D eigenvalue weighted by atomic mass is 16.5. The minimum Gasteiger partial charge on any atom is -0.394 e. The van der Waals surface area contributed by atoms with E-state index in [1.54, 1.807) is 0 Å². The van der Waals surface area contributed by atoms with Crippen molar-refractivity contribution in [1.82, 2.24) is 5.32 Å². The molecule has 3 nitrogen and oxygen atoms in total. The lowest BCUT2D eigenvalue weighted by atomic mass is 9.95. The number of aliphatic hydroxyl groups excluding tert-OH is 1. The molecule has 0 spiro atoms. The lowest BCUT2D eigenvalue weighted by molar-refractivity contribution is -0.0516. The van der Waals surface area contributed by atoms with Crippen molar-refractivity contribution >= 4 is 0 Å². The summed E-state index contributed by atoms with van der Waals surface area (Å²) in [6.45, 7) is 3.41. The first-order valence-electron chi connectivity index (χ1n) is 6.79. The van der Waals surface area contributed by atoms with Crippen LogP contribution in [0.5, 0.6) is 0 Å². The van der Waals surface area contributed by atoms with Gasteiger partial charge in [-0.3, -0.25) is 0 Å². The van der Waals surface area contributed by atoms with Crippen molar-refractivity contribution in [2.75, 3.05) is 13.2 Å². The van der Waals surface area contributed by atoms with Crippen LogP contribution < -0.4 is 5.32 Å². The van der Waals surface area contributed by atoms with Gasteiger partial charge in [0.05, 0.1) is 18.8 Å². The minimum atomic E-state index is -0.0512. The van der Waals surface area contributed by atoms with Crippen molar-refractivity contribution in [3.8, 4) is 0 Å². The van der Waals surface area contributed by atoms with E-state index in [-0.39, 0.29) is 12.1 Å². The molecule has 0 amide bonds. The first-order chi connectivity index (χ1) is 7.78. The Balaban J connectivity index is 1.78. The van der Waals surface area contributed by atoms with Gasteiger partial charge in [-0.1, -0.05) is 6.92 Å². The molecular weight excluding hydrogens is 202 g/mol. The predicted octanol–water partition coefficient (Wildman–Crippen LogP) is 1.84. The average molecular weight is 227 g/mol. The third-order valence-electron chi connectivity index (χ3n) is 4.05. The van der Waals surface area contributed by atoms with Crippen molar-refractivity contribution in [3.63, 3.8) is 0 Å². The molecule has 2 fully saturated rings. The molecule has 2 atom stereocenters. The normalized spacial score (nSPS) is 35.2. The second-order valence-electron chi connectivity index (χ2n) is 5.42. The summed E-state index contributed by atoms with van der Waals surface area (Å²) < 4.78 is 6.03. The van der Waals surface area contributed by atoms with Gasteiger partial charge in [0.15, 0.2) is 0 Å². The molecule has 0 heterocycles. The molecule has 2 rings (SSSR count). The van der Waals surface area contributed by atoms with Gasteiger partial charge in [-0.15, -0.1) is 0 Å². The number of nitrogens with one attached hydrogen (secondary N) is 1. The molecule has 0 radical (unpaired) electrons. The molecule has 16 heavy (non-hydrogen) atoms. The Morgan fingerprint density at radius 1 is 1.31 bits per heavy atom. The summed E-state index contributed by atoms with van der Waals surface area (Å²) in [6.07, 6.45) is 8.98. The molecule has 2 aliphatic rings. The summed E-state index contributed by atoms with van der Waals surface area (Å²) in [5, 5.41) is 13.1. The Morgan fingerprint density at radius 3 is 2.69 bits per heavy atom. The maximum Gasteiger partial charge on any atom is 0.0614 e. The largest absolute Gasteiger partial charge is 0.394 e. The maximum absolute atomic E-state index is 9.55. The molecule has 2 N–H and O–H groups in total. The second-order valence-corrected chi connectivity index (χ2v) is 5.42. The number of rotatable bonds is 6. The van der Waals surface area contributed by atoms with Crippen LogP contribution in [0, 0.1) is 0 Å². The molecule has 2 saturated carbocycles. The van der Waals surface area contributed by atoms with Crippen LogP contribution in [0.2, 0.25) is 0 Å². The Bertz CT molecular complexity index is 218. The van der Waals surface area contributed by atoms with E-state index in [9.17, 15) is 5.11 Å². The minimum absolute atomic E-state index is 0.0512. The smallest absolute Gasteiger partial charge is 0.0614 e. The van der Waals surface area contributed by atoms with E-state index in [4.69, 9.17) is 4.74 Å². The fourth-order valence-corrected chi connectivity index (χ4v) is 2.72. The van der Waals surface area contributed by atoms with Gasteiger partial charge < -0.3 is 15.2 Å². The average Bonchev–Trinajstić information content (AvgIpc) is 2.65. The van der Waals surface area contributed by atoms with E-state index < -0.39 is 0 Å². The van der Waals surface area contributed by atoms with Crippen molar-refractivity contribution < 1.29 is 9.84 Å². The van der Waals surface area contributed by atoms with E-state index in [1.165, 1.54) is 19.3 Å². The summed E-state index contributed by atoms with van der Waals surface area (Å²) >= 11 is 0. The van der Waals surface area contributed by atoms with E-state index >= 15 is 0 Å². The molecule has 2 unspecified atom stereocenters. The Labute approximate surface area is 98.6 Å². The fourth-order valence-electron chi connectivity index (χ4n) is 2.72. The second kappa shape index (κ2) is 5.48. The van der Waals surface area contributed by atoms with E-state index in [2.05, 4.69) is 12.2 Å². The zero-order chi connectivity index (χ0) is 11.4. The maximum atomic E-state index is 9.55. The monoisotopic (exact) mass is 227 g/mol. The number of aliphatic hydroxyl groups is 1. The van der Waals surface area contributed by atoms with Crippen LogP contribution in [0.1, 0.15) is 51.9 Å². The van der Waals surface area contributed by atoms with Crippen molar-refractivity contribution in [2.24, 2.45) is 0 Å². The molecule has 0 aliphatic heterocycles. The molecular formula is C13H25NO2. The fraction of sp³-hybridized carbons (Fsp3) is 1.00. The number of hydrogen-bond acceptors (Lipinski definition) is 3. The van der Waals surface area contributed by atoms with Crippen LogP contribution in [0.4, 0.5) is 0 Å². The lowest BCUT2D eigenvalue weighted by Gasteiger charge is -2.31. The highest BCUT2D eigenvalue weighted by Gasteiger charge is 2.39. The van der Waals surface area contributed by atoms with E-state index in [0.717, 1.165) is 32.2 Å². The van der Waals surface area contributed by atoms with Gasteiger partial charge in [0.25, 0.3) is 0 Å². The van der Waals surface area contributed by atoms with Crippen LogP contribution in [0.15, 0.2) is 0 Å². The first-order valence-corrected chi connectivity index (χ1v) is 6.79. The van der Waals surface area contributed by atoms with Gasteiger partial charge >= 0.3 is 0 Å². The van der Waals surface area contributed by atoms with Gasteiger partial charge in [-0.25, -0.2) is 0 Å².